The van der Waals surface area contributed by atoms with Crippen LogP contribution in [0.5, 0.6) is 0 Å². The van der Waals surface area contributed by atoms with Gasteiger partial charge in [0.25, 0.3) is 0 Å². The molecule has 0 N–H and O–H groups in total. The summed E-state index contributed by atoms with van der Waals surface area (Å²) < 4.78 is 5.76. The lowest BCUT2D eigenvalue weighted by Crippen LogP contribution is -2.21. The maximum atomic E-state index is 12.4. The fraction of sp³-hybridized carbons (Fsp3) is 0.250. The predicted octanol–water partition coefficient (Wildman–Crippen LogP) is 3.07. The number of rotatable bonds is 1. The third-order valence-corrected chi connectivity index (χ3v) is 3.55. The van der Waals surface area contributed by atoms with Gasteiger partial charge in [-0.25, -0.2) is 0 Å². The first-order valence-electron chi connectivity index (χ1n) is 6.30. The van der Waals surface area contributed by atoms with Gasteiger partial charge in [-0.2, -0.15) is 0 Å². The van der Waals surface area contributed by atoms with Crippen molar-refractivity contribution in [2.45, 2.75) is 25.9 Å². The predicted molar refractivity (Wildman–Crippen MR) is 71.1 cm³/mol. The molecule has 2 aliphatic rings. The molecule has 0 aromatic heterocycles. The molecule has 0 spiro atoms. The van der Waals surface area contributed by atoms with Crippen molar-refractivity contribution in [1.82, 2.24) is 0 Å². The first kappa shape index (κ1) is 11.9. The van der Waals surface area contributed by atoms with E-state index in [4.69, 9.17) is 4.74 Å². The Morgan fingerprint density at radius 2 is 1.79 bits per heavy atom. The summed E-state index contributed by atoms with van der Waals surface area (Å²) in [5, 5.41) is 0. The highest BCUT2D eigenvalue weighted by atomic mass is 16.5. The average molecular weight is 254 g/mol. The zero-order valence-corrected chi connectivity index (χ0v) is 10.9. The third kappa shape index (κ3) is 1.65. The average Bonchev–Trinajstić information content (AvgIpc) is 2.75. The van der Waals surface area contributed by atoms with Crippen LogP contribution in [-0.2, 0) is 4.74 Å². The van der Waals surface area contributed by atoms with Crippen molar-refractivity contribution in [2.75, 3.05) is 0 Å². The van der Waals surface area contributed by atoms with Crippen molar-refractivity contribution in [3.63, 3.8) is 0 Å². The van der Waals surface area contributed by atoms with Gasteiger partial charge in [-0.3, -0.25) is 9.59 Å². The molecule has 1 aromatic carbocycles. The highest BCUT2D eigenvalue weighted by Crippen LogP contribution is 2.41. The second-order valence-corrected chi connectivity index (χ2v) is 5.10. The maximum Gasteiger partial charge on any atom is 0.228 e. The SMILES string of the molecule is C/C=C/C1(C)CC2=C(O1)C(=O)c1ccccc1C2=O. The summed E-state index contributed by atoms with van der Waals surface area (Å²) in [6.45, 7) is 3.78. The van der Waals surface area contributed by atoms with Gasteiger partial charge in [-0.15, -0.1) is 0 Å². The molecule has 1 aliphatic carbocycles. The van der Waals surface area contributed by atoms with Crippen molar-refractivity contribution < 1.29 is 14.3 Å². The largest absolute Gasteiger partial charge is 0.479 e. The van der Waals surface area contributed by atoms with Gasteiger partial charge in [0.2, 0.25) is 5.78 Å². The smallest absolute Gasteiger partial charge is 0.228 e. The molecule has 1 aromatic rings. The molecule has 96 valence electrons. The van der Waals surface area contributed by atoms with Crippen LogP contribution >= 0.6 is 0 Å². The first-order chi connectivity index (χ1) is 9.06. The fourth-order valence-corrected chi connectivity index (χ4v) is 2.74. The number of carbonyl (C=O) groups is 2. The molecule has 3 heteroatoms. The van der Waals surface area contributed by atoms with Gasteiger partial charge in [0.1, 0.15) is 5.60 Å². The summed E-state index contributed by atoms with van der Waals surface area (Å²) in [5.41, 5.74) is 0.840. The summed E-state index contributed by atoms with van der Waals surface area (Å²) in [5.74, 6) is -0.0406. The lowest BCUT2D eigenvalue weighted by molar-refractivity contribution is 0.0670. The molecule has 0 amide bonds. The fourth-order valence-electron chi connectivity index (χ4n) is 2.74. The van der Waals surface area contributed by atoms with Crippen molar-refractivity contribution in [2.24, 2.45) is 0 Å². The van der Waals surface area contributed by atoms with E-state index in [1.54, 1.807) is 24.3 Å². The van der Waals surface area contributed by atoms with E-state index in [1.807, 2.05) is 26.0 Å². The van der Waals surface area contributed by atoms with Crippen LogP contribution in [0.25, 0.3) is 0 Å². The summed E-state index contributed by atoms with van der Waals surface area (Å²) in [6, 6.07) is 6.91. The third-order valence-electron chi connectivity index (χ3n) is 3.55. The highest BCUT2D eigenvalue weighted by molar-refractivity contribution is 6.26. The quantitative estimate of drug-likeness (QED) is 0.723. The van der Waals surface area contributed by atoms with E-state index in [0.29, 0.717) is 23.1 Å². The number of fused-ring (bicyclic) bond motifs is 1. The lowest BCUT2D eigenvalue weighted by Gasteiger charge is -2.20. The lowest BCUT2D eigenvalue weighted by atomic mass is 9.85. The van der Waals surface area contributed by atoms with Crippen molar-refractivity contribution in [1.29, 1.82) is 0 Å². The zero-order valence-electron chi connectivity index (χ0n) is 10.9. The van der Waals surface area contributed by atoms with Crippen LogP contribution < -0.4 is 0 Å². The Hall–Kier alpha value is -2.16. The molecule has 0 bridgehead atoms. The van der Waals surface area contributed by atoms with Gasteiger partial charge < -0.3 is 4.74 Å². The van der Waals surface area contributed by atoms with Crippen LogP contribution in [0.2, 0.25) is 0 Å². The second-order valence-electron chi connectivity index (χ2n) is 5.10. The standard InChI is InChI=1S/C16H14O3/c1-3-8-16(2)9-12-13(17)10-6-4-5-7-11(10)14(18)15(12)19-16/h3-8H,9H2,1-2H3/b8-3+. The summed E-state index contributed by atoms with van der Waals surface area (Å²) >= 11 is 0. The molecule has 0 saturated carbocycles. The van der Waals surface area contributed by atoms with Crippen LogP contribution in [0.15, 0.2) is 47.7 Å². The number of ketones is 2. The van der Waals surface area contributed by atoms with E-state index < -0.39 is 5.60 Å². The van der Waals surface area contributed by atoms with Crippen molar-refractivity contribution in [3.8, 4) is 0 Å². The Balaban J connectivity index is 2.09. The van der Waals surface area contributed by atoms with Crippen LogP contribution in [-0.4, -0.2) is 17.2 Å². The van der Waals surface area contributed by atoms with E-state index in [1.165, 1.54) is 0 Å². The van der Waals surface area contributed by atoms with E-state index in [2.05, 4.69) is 0 Å². The number of hydrogen-bond donors (Lipinski definition) is 0. The Kier molecular flexibility index (Phi) is 2.45. The van der Waals surface area contributed by atoms with Crippen molar-refractivity contribution in [3.05, 3.63) is 58.9 Å². The summed E-state index contributed by atoms with van der Waals surface area (Å²) in [6.07, 6.45) is 4.21. The Morgan fingerprint density at radius 1 is 1.16 bits per heavy atom. The maximum absolute atomic E-state index is 12.4. The monoisotopic (exact) mass is 254 g/mol. The molecule has 0 fully saturated rings. The number of carbonyl (C=O) groups excluding carboxylic acids is 2. The van der Waals surface area contributed by atoms with E-state index in [9.17, 15) is 9.59 Å². The Labute approximate surface area is 111 Å². The van der Waals surface area contributed by atoms with Gasteiger partial charge in [0.15, 0.2) is 11.5 Å². The minimum absolute atomic E-state index is 0.0848. The molecular weight excluding hydrogens is 240 g/mol. The van der Waals surface area contributed by atoms with E-state index in [0.717, 1.165) is 0 Å². The molecule has 0 saturated heterocycles. The van der Waals surface area contributed by atoms with E-state index >= 15 is 0 Å². The minimum atomic E-state index is -0.590. The highest BCUT2D eigenvalue weighted by Gasteiger charge is 2.44. The molecule has 1 unspecified atom stereocenters. The molecule has 1 aliphatic heterocycles. The van der Waals surface area contributed by atoms with Gasteiger partial charge in [-0.1, -0.05) is 30.3 Å². The molecular formula is C16H14O3. The molecule has 3 nitrogen and oxygen atoms in total. The van der Waals surface area contributed by atoms with Gasteiger partial charge >= 0.3 is 0 Å². The molecule has 1 atom stereocenters. The van der Waals surface area contributed by atoms with Gasteiger partial charge in [-0.05, 0) is 19.9 Å². The summed E-state index contributed by atoms with van der Waals surface area (Å²) in [4.78, 5) is 24.8. The number of ether oxygens (including phenoxy) is 1. The van der Waals surface area contributed by atoms with E-state index in [-0.39, 0.29) is 17.3 Å². The molecule has 0 radical (unpaired) electrons. The minimum Gasteiger partial charge on any atom is -0.479 e. The topological polar surface area (TPSA) is 43.4 Å². The molecule has 1 heterocycles. The van der Waals surface area contributed by atoms with Crippen LogP contribution in [0, 0.1) is 0 Å². The van der Waals surface area contributed by atoms with Crippen LogP contribution in [0.4, 0.5) is 0 Å². The Morgan fingerprint density at radius 3 is 2.42 bits per heavy atom. The van der Waals surface area contributed by atoms with Crippen molar-refractivity contribution >= 4 is 11.6 Å². The van der Waals surface area contributed by atoms with Gasteiger partial charge in [0, 0.05) is 17.5 Å². The first-order valence-corrected chi connectivity index (χ1v) is 6.30. The van der Waals surface area contributed by atoms with Crippen LogP contribution in [0.3, 0.4) is 0 Å². The number of hydrogen-bond acceptors (Lipinski definition) is 3. The van der Waals surface area contributed by atoms with Crippen LogP contribution in [0.1, 0.15) is 41.0 Å². The number of Topliss-reactive ketones (excluding diaryl/α,β-unsaturated/α-hetero) is 2. The molecule has 3 rings (SSSR count). The zero-order chi connectivity index (χ0) is 13.6. The number of benzene rings is 1. The Bertz CT molecular complexity index is 603. The number of allylic oxidation sites excluding steroid dienone is 2. The molecule has 19 heavy (non-hydrogen) atoms. The van der Waals surface area contributed by atoms with Gasteiger partial charge in [0.05, 0.1) is 5.57 Å². The second kappa shape index (κ2) is 3.92. The normalized spacial score (nSPS) is 25.6. The summed E-state index contributed by atoms with van der Waals surface area (Å²) in [7, 11) is 0.